The van der Waals surface area contributed by atoms with Crippen molar-refractivity contribution in [2.45, 2.75) is 6.18 Å². The highest BCUT2D eigenvalue weighted by Gasteiger charge is 2.31. The van der Waals surface area contributed by atoms with Crippen LogP contribution < -0.4 is 10.6 Å². The predicted molar refractivity (Wildman–Crippen MR) is 68.9 cm³/mol. The third-order valence-electron chi connectivity index (χ3n) is 1.85. The van der Waals surface area contributed by atoms with E-state index in [2.05, 4.69) is 26.6 Å². The number of carbonyl (C=O) groups is 1. The molecule has 0 aliphatic rings. The van der Waals surface area contributed by atoms with Crippen molar-refractivity contribution in [1.29, 1.82) is 0 Å². The van der Waals surface area contributed by atoms with E-state index in [0.717, 1.165) is 12.1 Å². The minimum atomic E-state index is -4.44. The van der Waals surface area contributed by atoms with E-state index in [1.807, 2.05) is 0 Å². The standard InChI is InChI=1S/C10H10BrF3N2O.ClH/c1-15-5-9(17)16-8-3-6(10(12,13)14)2-7(11)4-8;/h2-4,15H,5H2,1H3,(H,16,17);1H. The quantitative estimate of drug-likeness (QED) is 0.882. The highest BCUT2D eigenvalue weighted by atomic mass is 79.9. The van der Waals surface area contributed by atoms with Gasteiger partial charge in [-0.05, 0) is 25.2 Å². The molecule has 0 aliphatic carbocycles. The lowest BCUT2D eigenvalue weighted by Crippen LogP contribution is -2.25. The van der Waals surface area contributed by atoms with Gasteiger partial charge in [0.15, 0.2) is 0 Å². The van der Waals surface area contributed by atoms with Gasteiger partial charge in [-0.2, -0.15) is 13.2 Å². The molecule has 3 nitrogen and oxygen atoms in total. The molecule has 0 saturated carbocycles. The van der Waals surface area contributed by atoms with Gasteiger partial charge in [-0.25, -0.2) is 0 Å². The van der Waals surface area contributed by atoms with Gasteiger partial charge in [0.25, 0.3) is 0 Å². The maximum Gasteiger partial charge on any atom is 0.416 e. The third kappa shape index (κ3) is 5.24. The molecular formula is C10H11BrClF3N2O. The lowest BCUT2D eigenvalue weighted by Gasteiger charge is -2.11. The molecule has 1 amide bonds. The van der Waals surface area contributed by atoms with E-state index in [-0.39, 0.29) is 29.1 Å². The molecule has 0 bridgehead atoms. The van der Waals surface area contributed by atoms with Crippen LogP contribution in [0.15, 0.2) is 22.7 Å². The SMILES string of the molecule is CNCC(=O)Nc1cc(Br)cc(C(F)(F)F)c1.Cl. The van der Waals surface area contributed by atoms with E-state index in [9.17, 15) is 18.0 Å². The van der Waals surface area contributed by atoms with Crippen LogP contribution in [0.3, 0.4) is 0 Å². The fourth-order valence-corrected chi connectivity index (χ4v) is 1.68. The number of carbonyl (C=O) groups excluding carboxylic acids is 1. The zero-order valence-electron chi connectivity index (χ0n) is 9.27. The summed E-state index contributed by atoms with van der Waals surface area (Å²) >= 11 is 2.97. The lowest BCUT2D eigenvalue weighted by molar-refractivity contribution is -0.137. The molecule has 1 rings (SSSR count). The van der Waals surface area contributed by atoms with Crippen LogP contribution in [0, 0.1) is 0 Å². The van der Waals surface area contributed by atoms with Gasteiger partial charge in [0.1, 0.15) is 0 Å². The van der Waals surface area contributed by atoms with E-state index >= 15 is 0 Å². The number of anilines is 1. The van der Waals surface area contributed by atoms with E-state index in [0.29, 0.717) is 0 Å². The monoisotopic (exact) mass is 346 g/mol. The molecule has 0 heterocycles. The van der Waals surface area contributed by atoms with Gasteiger partial charge in [0, 0.05) is 10.2 Å². The largest absolute Gasteiger partial charge is 0.416 e. The summed E-state index contributed by atoms with van der Waals surface area (Å²) < 4.78 is 37.7. The van der Waals surface area contributed by atoms with Crippen LogP contribution in [0.25, 0.3) is 0 Å². The third-order valence-corrected chi connectivity index (χ3v) is 2.30. The van der Waals surface area contributed by atoms with Gasteiger partial charge in [-0.1, -0.05) is 15.9 Å². The maximum absolute atomic E-state index is 12.5. The number of hydrogen-bond donors (Lipinski definition) is 2. The van der Waals surface area contributed by atoms with Crippen molar-refractivity contribution in [3.63, 3.8) is 0 Å². The lowest BCUT2D eigenvalue weighted by atomic mass is 10.2. The molecular weight excluding hydrogens is 336 g/mol. The number of nitrogens with one attached hydrogen (secondary N) is 2. The molecule has 8 heteroatoms. The van der Waals surface area contributed by atoms with Crippen LogP contribution in [0.2, 0.25) is 0 Å². The second kappa shape index (κ2) is 6.96. The van der Waals surface area contributed by atoms with E-state index in [1.165, 1.54) is 6.07 Å². The Hall–Kier alpha value is -0.790. The summed E-state index contributed by atoms with van der Waals surface area (Å²) in [6, 6.07) is 3.24. The number of likely N-dealkylation sites (N-methyl/N-ethyl adjacent to an activating group) is 1. The van der Waals surface area contributed by atoms with Gasteiger partial charge >= 0.3 is 6.18 Å². The molecule has 0 unspecified atom stereocenters. The van der Waals surface area contributed by atoms with Gasteiger partial charge in [-0.15, -0.1) is 12.4 Å². The van der Waals surface area contributed by atoms with Crippen molar-refractivity contribution in [2.75, 3.05) is 18.9 Å². The topological polar surface area (TPSA) is 41.1 Å². The smallest absolute Gasteiger partial charge is 0.325 e. The van der Waals surface area contributed by atoms with Crippen molar-refractivity contribution in [1.82, 2.24) is 5.32 Å². The minimum absolute atomic E-state index is 0. The number of rotatable bonds is 3. The van der Waals surface area contributed by atoms with Crippen LogP contribution >= 0.6 is 28.3 Å². The van der Waals surface area contributed by atoms with Crippen LogP contribution in [-0.2, 0) is 11.0 Å². The second-order valence-electron chi connectivity index (χ2n) is 3.30. The van der Waals surface area contributed by atoms with Gasteiger partial charge in [0.2, 0.25) is 5.91 Å². The Bertz CT molecular complexity index is 426. The van der Waals surface area contributed by atoms with Crippen molar-refractivity contribution >= 4 is 39.9 Å². The molecule has 18 heavy (non-hydrogen) atoms. The van der Waals surface area contributed by atoms with Crippen molar-refractivity contribution in [3.8, 4) is 0 Å². The number of halogens is 5. The predicted octanol–water partition coefficient (Wildman–Crippen LogP) is 3.05. The fraction of sp³-hybridized carbons (Fsp3) is 0.300. The highest BCUT2D eigenvalue weighted by Crippen LogP contribution is 2.33. The molecule has 1 aromatic carbocycles. The summed E-state index contributed by atoms with van der Waals surface area (Å²) in [7, 11) is 1.57. The summed E-state index contributed by atoms with van der Waals surface area (Å²) in [5.74, 6) is -0.404. The molecule has 0 aliphatic heterocycles. The first-order chi connectivity index (χ1) is 7.82. The Balaban J connectivity index is 0.00000289. The molecule has 0 radical (unpaired) electrons. The summed E-state index contributed by atoms with van der Waals surface area (Å²) in [6.45, 7) is 0.0356. The number of benzene rings is 1. The Kier molecular flexibility index (Phi) is 6.66. The van der Waals surface area contributed by atoms with Crippen molar-refractivity contribution < 1.29 is 18.0 Å². The average molecular weight is 348 g/mol. The van der Waals surface area contributed by atoms with Gasteiger partial charge < -0.3 is 10.6 Å². The van der Waals surface area contributed by atoms with Crippen molar-refractivity contribution in [2.24, 2.45) is 0 Å². The summed E-state index contributed by atoms with van der Waals surface area (Å²) in [4.78, 5) is 11.2. The number of amides is 1. The maximum atomic E-state index is 12.5. The molecule has 0 spiro atoms. The Morgan fingerprint density at radius 1 is 1.33 bits per heavy atom. The van der Waals surface area contributed by atoms with E-state index in [1.54, 1.807) is 7.05 Å². The first kappa shape index (κ1) is 17.2. The normalized spacial score (nSPS) is 10.7. The molecule has 0 atom stereocenters. The first-order valence-electron chi connectivity index (χ1n) is 4.65. The Morgan fingerprint density at radius 2 is 1.94 bits per heavy atom. The summed E-state index contributed by atoms with van der Waals surface area (Å²) in [5.41, 5.74) is -0.710. The van der Waals surface area contributed by atoms with Gasteiger partial charge in [0.05, 0.1) is 12.1 Å². The second-order valence-corrected chi connectivity index (χ2v) is 4.22. The average Bonchev–Trinajstić information content (AvgIpc) is 2.15. The molecule has 0 saturated heterocycles. The number of hydrogen-bond acceptors (Lipinski definition) is 2. The van der Waals surface area contributed by atoms with Crippen LogP contribution in [-0.4, -0.2) is 19.5 Å². The highest BCUT2D eigenvalue weighted by molar-refractivity contribution is 9.10. The number of alkyl halides is 3. The zero-order valence-corrected chi connectivity index (χ0v) is 11.7. The minimum Gasteiger partial charge on any atom is -0.325 e. The van der Waals surface area contributed by atoms with Crippen LogP contribution in [0.5, 0.6) is 0 Å². The summed E-state index contributed by atoms with van der Waals surface area (Å²) in [6.07, 6.45) is -4.44. The van der Waals surface area contributed by atoms with Gasteiger partial charge in [-0.3, -0.25) is 4.79 Å². The fourth-order valence-electron chi connectivity index (χ4n) is 1.19. The van der Waals surface area contributed by atoms with Crippen LogP contribution in [0.4, 0.5) is 18.9 Å². The molecule has 1 aromatic rings. The molecule has 0 fully saturated rings. The molecule has 2 N–H and O–H groups in total. The zero-order chi connectivity index (χ0) is 13.1. The van der Waals surface area contributed by atoms with E-state index in [4.69, 9.17) is 0 Å². The van der Waals surface area contributed by atoms with Crippen LogP contribution in [0.1, 0.15) is 5.56 Å². The van der Waals surface area contributed by atoms with Crippen molar-refractivity contribution in [3.05, 3.63) is 28.2 Å². The summed E-state index contributed by atoms with van der Waals surface area (Å²) in [5, 5.41) is 4.97. The molecule has 102 valence electrons. The van der Waals surface area contributed by atoms with E-state index < -0.39 is 17.6 Å². The first-order valence-corrected chi connectivity index (χ1v) is 5.44. The molecule has 0 aromatic heterocycles. The Labute approximate surface area is 117 Å². The Morgan fingerprint density at radius 3 is 2.44 bits per heavy atom.